The van der Waals surface area contributed by atoms with Crippen molar-refractivity contribution in [2.45, 2.75) is 6.92 Å². The number of hydrogen-bond donors (Lipinski definition) is 0. The van der Waals surface area contributed by atoms with E-state index in [1.165, 1.54) is 12.1 Å². The normalized spacial score (nSPS) is 10.1. The minimum absolute atomic E-state index is 0.215. The maximum Gasteiger partial charge on any atom is 0.143 e. The molecule has 0 saturated carbocycles. The Morgan fingerprint density at radius 1 is 0.625 bits per heavy atom. The van der Waals surface area contributed by atoms with E-state index in [0.717, 1.165) is 28.7 Å². The van der Waals surface area contributed by atoms with E-state index in [1.54, 1.807) is 48.5 Å². The van der Waals surface area contributed by atoms with Crippen molar-refractivity contribution in [2.24, 2.45) is 0 Å². The van der Waals surface area contributed by atoms with Gasteiger partial charge in [0.1, 0.15) is 23.2 Å². The van der Waals surface area contributed by atoms with Gasteiger partial charge >= 0.3 is 0 Å². The van der Waals surface area contributed by atoms with Gasteiger partial charge in [-0.1, -0.05) is 35.8 Å². The summed E-state index contributed by atoms with van der Waals surface area (Å²) in [7, 11) is 0. The highest BCUT2D eigenvalue weighted by molar-refractivity contribution is 5.84. The molecule has 0 aromatic heterocycles. The molecule has 4 aromatic carbocycles. The van der Waals surface area contributed by atoms with Crippen LogP contribution in [-0.2, 0) is 0 Å². The molecule has 0 radical (unpaired) electrons. The largest absolute Gasteiger partial charge is 0.494 e. The lowest BCUT2D eigenvalue weighted by Crippen LogP contribution is -1.93. The van der Waals surface area contributed by atoms with Gasteiger partial charge in [-0.05, 0) is 78.4 Å². The summed E-state index contributed by atoms with van der Waals surface area (Å²) in [6.45, 7) is 2.47. The molecule has 32 heavy (non-hydrogen) atoms. The van der Waals surface area contributed by atoms with Crippen LogP contribution in [0.2, 0.25) is 0 Å². The number of fused-ring (bicyclic) bond motifs is 1. The van der Waals surface area contributed by atoms with E-state index < -0.39 is 11.6 Å². The molecular weight excluding hydrogens is 409 g/mol. The van der Waals surface area contributed by atoms with E-state index in [4.69, 9.17) is 4.74 Å². The molecular formula is C28H17F3O. The molecule has 0 aliphatic carbocycles. The Hall–Kier alpha value is -4.15. The van der Waals surface area contributed by atoms with Crippen LogP contribution >= 0.6 is 0 Å². The van der Waals surface area contributed by atoms with Gasteiger partial charge in [0.2, 0.25) is 0 Å². The maximum atomic E-state index is 14.5. The Morgan fingerprint density at radius 3 is 1.94 bits per heavy atom. The molecule has 0 fully saturated rings. The minimum Gasteiger partial charge on any atom is -0.494 e. The fourth-order valence-corrected chi connectivity index (χ4v) is 3.14. The molecule has 4 rings (SSSR count). The Balaban J connectivity index is 1.57. The van der Waals surface area contributed by atoms with E-state index in [1.807, 2.05) is 6.92 Å². The van der Waals surface area contributed by atoms with Crippen LogP contribution in [0.5, 0.6) is 5.75 Å². The van der Waals surface area contributed by atoms with Gasteiger partial charge in [0.15, 0.2) is 0 Å². The summed E-state index contributed by atoms with van der Waals surface area (Å²) in [6, 6.07) is 19.0. The quantitative estimate of drug-likeness (QED) is 0.335. The smallest absolute Gasteiger partial charge is 0.143 e. The van der Waals surface area contributed by atoms with Crippen molar-refractivity contribution in [3.63, 3.8) is 0 Å². The first-order valence-electron chi connectivity index (χ1n) is 9.97. The fourth-order valence-electron chi connectivity index (χ4n) is 3.14. The first-order chi connectivity index (χ1) is 15.5. The summed E-state index contributed by atoms with van der Waals surface area (Å²) in [6.07, 6.45) is 0. The molecule has 0 amide bonds. The predicted octanol–water partition coefficient (Wildman–Crippen LogP) is 6.46. The van der Waals surface area contributed by atoms with Crippen LogP contribution in [0.3, 0.4) is 0 Å². The molecule has 0 aliphatic heterocycles. The number of rotatable bonds is 2. The number of hydrogen-bond acceptors (Lipinski definition) is 1. The van der Waals surface area contributed by atoms with Crippen molar-refractivity contribution in [1.82, 2.24) is 0 Å². The summed E-state index contributed by atoms with van der Waals surface area (Å²) < 4.78 is 47.7. The van der Waals surface area contributed by atoms with Crippen LogP contribution in [0.4, 0.5) is 13.2 Å². The molecule has 1 nitrogen and oxygen atoms in total. The van der Waals surface area contributed by atoms with E-state index in [-0.39, 0.29) is 16.9 Å². The summed E-state index contributed by atoms with van der Waals surface area (Å²) >= 11 is 0. The Labute approximate surface area is 184 Å². The zero-order chi connectivity index (χ0) is 22.5. The monoisotopic (exact) mass is 426 g/mol. The zero-order valence-corrected chi connectivity index (χ0v) is 17.2. The number of halogens is 3. The highest BCUT2D eigenvalue weighted by atomic mass is 19.1. The molecule has 0 saturated heterocycles. The molecule has 4 heteroatoms. The van der Waals surface area contributed by atoms with Crippen molar-refractivity contribution in [3.05, 3.63) is 113 Å². The minimum atomic E-state index is -0.781. The number of benzene rings is 4. The van der Waals surface area contributed by atoms with Crippen LogP contribution in [0.1, 0.15) is 29.2 Å². The van der Waals surface area contributed by atoms with Crippen molar-refractivity contribution < 1.29 is 17.9 Å². The van der Waals surface area contributed by atoms with Crippen molar-refractivity contribution in [1.29, 1.82) is 0 Å². The van der Waals surface area contributed by atoms with Gasteiger partial charge in [-0.25, -0.2) is 13.2 Å². The average Bonchev–Trinajstić information content (AvgIpc) is 2.78. The van der Waals surface area contributed by atoms with Crippen molar-refractivity contribution in [3.8, 4) is 29.4 Å². The summed E-state index contributed by atoms with van der Waals surface area (Å²) in [5.74, 6) is 9.82. The fraction of sp³-hybridized carbons (Fsp3) is 0.0714. The second kappa shape index (κ2) is 9.33. The molecule has 156 valence electrons. The first-order valence-corrected chi connectivity index (χ1v) is 9.97. The first kappa shape index (κ1) is 21.1. The van der Waals surface area contributed by atoms with Gasteiger partial charge < -0.3 is 4.74 Å². The van der Waals surface area contributed by atoms with Crippen LogP contribution in [0.25, 0.3) is 10.8 Å². The summed E-state index contributed by atoms with van der Waals surface area (Å²) in [5, 5.41) is 1.52. The lowest BCUT2D eigenvalue weighted by atomic mass is 10.1. The highest BCUT2D eigenvalue weighted by Gasteiger charge is 2.08. The van der Waals surface area contributed by atoms with Gasteiger partial charge in [-0.3, -0.25) is 0 Å². The molecule has 0 heterocycles. The Kier molecular flexibility index (Phi) is 6.15. The van der Waals surface area contributed by atoms with Gasteiger partial charge in [-0.2, -0.15) is 0 Å². The van der Waals surface area contributed by atoms with Gasteiger partial charge in [-0.15, -0.1) is 0 Å². The van der Waals surface area contributed by atoms with E-state index in [0.29, 0.717) is 17.7 Å². The predicted molar refractivity (Wildman–Crippen MR) is 120 cm³/mol. The average molecular weight is 426 g/mol. The van der Waals surface area contributed by atoms with Gasteiger partial charge in [0.05, 0.1) is 12.2 Å². The maximum absolute atomic E-state index is 14.5. The van der Waals surface area contributed by atoms with Crippen molar-refractivity contribution >= 4 is 10.8 Å². The third-order valence-corrected chi connectivity index (χ3v) is 4.69. The van der Waals surface area contributed by atoms with E-state index in [2.05, 4.69) is 23.7 Å². The third kappa shape index (κ3) is 4.94. The second-order valence-corrected chi connectivity index (χ2v) is 6.98. The Morgan fingerprint density at radius 2 is 1.22 bits per heavy atom. The van der Waals surface area contributed by atoms with Crippen LogP contribution < -0.4 is 4.74 Å². The topological polar surface area (TPSA) is 9.23 Å². The van der Waals surface area contributed by atoms with Gasteiger partial charge in [0, 0.05) is 16.7 Å². The summed E-state index contributed by atoms with van der Waals surface area (Å²) in [4.78, 5) is 0. The SMILES string of the molecule is CCOc1ccc(C#Cc2cc(F)c(C#Cc3ccc4cc(F)ccc4c3)c(F)c2)cc1. The van der Waals surface area contributed by atoms with Gasteiger partial charge in [0.25, 0.3) is 0 Å². The molecule has 4 aromatic rings. The van der Waals surface area contributed by atoms with Crippen molar-refractivity contribution in [2.75, 3.05) is 6.61 Å². The second-order valence-electron chi connectivity index (χ2n) is 6.98. The standard InChI is InChI=1S/C28H17F3O/c1-2-32-25-12-6-19(7-13-25)3-4-21-16-27(30)26(28(31)17-21)14-8-20-5-9-23-18-24(29)11-10-22(23)15-20/h5-7,9-13,15-18H,2H2,1H3. The lowest BCUT2D eigenvalue weighted by Gasteiger charge is -2.01. The van der Waals surface area contributed by atoms with Crippen LogP contribution in [0, 0.1) is 41.1 Å². The number of ether oxygens (including phenoxy) is 1. The van der Waals surface area contributed by atoms with E-state index >= 15 is 0 Å². The Bertz CT molecular complexity index is 1390. The summed E-state index contributed by atoms with van der Waals surface area (Å²) in [5.41, 5.74) is 1.17. The highest BCUT2D eigenvalue weighted by Crippen LogP contribution is 2.18. The lowest BCUT2D eigenvalue weighted by molar-refractivity contribution is 0.340. The zero-order valence-electron chi connectivity index (χ0n) is 17.2. The molecule has 0 spiro atoms. The van der Waals surface area contributed by atoms with Crippen LogP contribution in [-0.4, -0.2) is 6.61 Å². The molecule has 0 unspecified atom stereocenters. The van der Waals surface area contributed by atoms with Crippen LogP contribution in [0.15, 0.2) is 72.8 Å². The molecule has 0 bridgehead atoms. The molecule has 0 aliphatic rings. The molecule has 0 N–H and O–H groups in total. The van der Waals surface area contributed by atoms with E-state index in [9.17, 15) is 13.2 Å². The molecule has 0 atom stereocenters. The third-order valence-electron chi connectivity index (χ3n) is 4.69.